The molecule has 6 heteroatoms. The van der Waals surface area contributed by atoms with Gasteiger partial charge in [0.05, 0.1) is 4.90 Å². The summed E-state index contributed by atoms with van der Waals surface area (Å²) in [5.74, 6) is 0. The van der Waals surface area contributed by atoms with Gasteiger partial charge in [-0.25, -0.2) is 8.42 Å². The first-order chi connectivity index (χ1) is 8.41. The van der Waals surface area contributed by atoms with E-state index < -0.39 is 10.0 Å². The number of aromatic nitrogens is 1. The number of hydrogen-bond acceptors (Lipinski definition) is 3. The minimum atomic E-state index is -3.43. The monoisotopic (exact) mass is 271 g/mol. The van der Waals surface area contributed by atoms with E-state index in [0.29, 0.717) is 24.5 Å². The molecule has 18 heavy (non-hydrogen) atoms. The predicted octanol–water partition coefficient (Wildman–Crippen LogP) is 1.32. The van der Waals surface area contributed by atoms with Gasteiger partial charge in [-0.3, -0.25) is 0 Å². The van der Waals surface area contributed by atoms with Crippen molar-refractivity contribution in [2.45, 2.75) is 25.3 Å². The number of rotatable bonds is 7. The Bertz CT molecular complexity index is 505. The minimum absolute atomic E-state index is 0.302. The Kier molecular flexibility index (Phi) is 5.13. The van der Waals surface area contributed by atoms with Crippen molar-refractivity contribution >= 4 is 10.0 Å². The van der Waals surface area contributed by atoms with Gasteiger partial charge in [0.1, 0.15) is 0 Å². The van der Waals surface area contributed by atoms with Crippen LogP contribution >= 0.6 is 0 Å². The summed E-state index contributed by atoms with van der Waals surface area (Å²) in [6, 6.07) is 1.66. The molecule has 102 valence electrons. The fraction of sp³-hybridized carbons (Fsp3) is 0.500. The molecule has 5 nitrogen and oxygen atoms in total. The van der Waals surface area contributed by atoms with Crippen molar-refractivity contribution in [1.29, 1.82) is 0 Å². The van der Waals surface area contributed by atoms with Gasteiger partial charge in [-0.05, 0) is 20.0 Å². The number of sulfonamides is 1. The average Bonchev–Trinajstić information content (AvgIpc) is 2.75. The molecule has 0 aliphatic carbocycles. The van der Waals surface area contributed by atoms with E-state index >= 15 is 0 Å². The van der Waals surface area contributed by atoms with E-state index in [2.05, 4.69) is 16.9 Å². The zero-order valence-corrected chi connectivity index (χ0v) is 12.0. The molecule has 0 saturated carbocycles. The predicted molar refractivity (Wildman–Crippen MR) is 72.8 cm³/mol. The lowest BCUT2D eigenvalue weighted by Crippen LogP contribution is -2.32. The van der Waals surface area contributed by atoms with Gasteiger partial charge in [0, 0.05) is 31.5 Å². The Morgan fingerprint density at radius 1 is 1.56 bits per heavy atom. The summed E-state index contributed by atoms with van der Waals surface area (Å²) < 4.78 is 26.1. The molecule has 0 aliphatic rings. The number of likely N-dealkylation sites (N-methyl/N-ethyl adjacent to an activating group) is 1. The highest BCUT2D eigenvalue weighted by Crippen LogP contribution is 2.17. The summed E-state index contributed by atoms with van der Waals surface area (Å²) in [5, 5.41) is 2.97. The Morgan fingerprint density at radius 2 is 2.22 bits per heavy atom. The van der Waals surface area contributed by atoms with Gasteiger partial charge in [-0.15, -0.1) is 0 Å². The van der Waals surface area contributed by atoms with Crippen LogP contribution in [-0.2, 0) is 16.6 Å². The van der Waals surface area contributed by atoms with Crippen LogP contribution in [-0.4, -0.2) is 37.8 Å². The summed E-state index contributed by atoms with van der Waals surface area (Å²) in [4.78, 5) is 3.26. The van der Waals surface area contributed by atoms with Gasteiger partial charge in [-0.1, -0.05) is 19.1 Å². The third-order valence-corrected chi connectivity index (χ3v) is 4.42. The highest BCUT2D eigenvalue weighted by Gasteiger charge is 2.23. The Hall–Kier alpha value is -1.11. The third-order valence-electron chi connectivity index (χ3n) is 2.52. The normalized spacial score (nSPS) is 12.0. The van der Waals surface area contributed by atoms with E-state index in [1.54, 1.807) is 6.07 Å². The first kappa shape index (κ1) is 14.9. The lowest BCUT2D eigenvalue weighted by Gasteiger charge is -2.19. The van der Waals surface area contributed by atoms with Crippen LogP contribution in [0.15, 0.2) is 29.3 Å². The molecule has 1 aromatic rings. The van der Waals surface area contributed by atoms with Gasteiger partial charge in [-0.2, -0.15) is 4.31 Å². The summed E-state index contributed by atoms with van der Waals surface area (Å²) in [6.45, 7) is 8.80. The van der Waals surface area contributed by atoms with Crippen LogP contribution in [0.5, 0.6) is 0 Å². The summed E-state index contributed by atoms with van der Waals surface area (Å²) in [6.07, 6.45) is 1.53. The quantitative estimate of drug-likeness (QED) is 0.735. The van der Waals surface area contributed by atoms with Crippen molar-refractivity contribution in [3.05, 3.63) is 30.1 Å². The van der Waals surface area contributed by atoms with E-state index in [4.69, 9.17) is 0 Å². The molecular weight excluding hydrogens is 250 g/mol. The molecule has 2 N–H and O–H groups in total. The van der Waals surface area contributed by atoms with Crippen LogP contribution < -0.4 is 5.32 Å². The molecule has 0 atom stereocenters. The van der Waals surface area contributed by atoms with Crippen molar-refractivity contribution in [2.24, 2.45) is 0 Å². The maximum atomic E-state index is 12.4. The minimum Gasteiger partial charge on any atom is -0.363 e. The standard InChI is InChI=1S/C12H21N3O2S/c1-5-15(9-10(2)3)18(16,17)12-6-11(7-13-4)14-8-12/h6,8,13-14H,2,5,7,9H2,1,3-4H3. The highest BCUT2D eigenvalue weighted by molar-refractivity contribution is 7.89. The molecule has 0 amide bonds. The van der Waals surface area contributed by atoms with Gasteiger partial charge in [0.15, 0.2) is 0 Å². The molecular formula is C12H21N3O2S. The van der Waals surface area contributed by atoms with Gasteiger partial charge < -0.3 is 10.3 Å². The lowest BCUT2D eigenvalue weighted by molar-refractivity contribution is 0.453. The Morgan fingerprint density at radius 3 is 2.72 bits per heavy atom. The van der Waals surface area contributed by atoms with Crippen LogP contribution in [0.1, 0.15) is 19.5 Å². The lowest BCUT2D eigenvalue weighted by atomic mass is 10.3. The molecule has 0 spiro atoms. The number of hydrogen-bond donors (Lipinski definition) is 2. The molecule has 1 heterocycles. The van der Waals surface area contributed by atoms with Crippen molar-refractivity contribution in [3.8, 4) is 0 Å². The Labute approximate surface area is 109 Å². The summed E-state index contributed by atoms with van der Waals surface area (Å²) >= 11 is 0. The van der Waals surface area contributed by atoms with Crippen molar-refractivity contribution in [1.82, 2.24) is 14.6 Å². The second-order valence-corrected chi connectivity index (χ2v) is 6.22. The topological polar surface area (TPSA) is 65.2 Å². The van der Waals surface area contributed by atoms with E-state index in [-0.39, 0.29) is 0 Å². The van der Waals surface area contributed by atoms with Crippen molar-refractivity contribution in [2.75, 3.05) is 20.1 Å². The molecule has 1 rings (SSSR count). The van der Waals surface area contributed by atoms with Crippen LogP contribution in [0.25, 0.3) is 0 Å². The van der Waals surface area contributed by atoms with Crippen LogP contribution in [0.2, 0.25) is 0 Å². The first-order valence-electron chi connectivity index (χ1n) is 5.88. The van der Waals surface area contributed by atoms with Crippen molar-refractivity contribution in [3.63, 3.8) is 0 Å². The maximum Gasteiger partial charge on any atom is 0.244 e. The van der Waals surface area contributed by atoms with Crippen LogP contribution in [0, 0.1) is 0 Å². The summed E-state index contributed by atoms with van der Waals surface area (Å²) in [7, 11) is -1.62. The number of nitrogens with zero attached hydrogens (tertiary/aromatic N) is 1. The molecule has 0 saturated heterocycles. The zero-order chi connectivity index (χ0) is 13.8. The SMILES string of the molecule is C=C(C)CN(CC)S(=O)(=O)c1c[nH]c(CNC)c1. The maximum absolute atomic E-state index is 12.4. The number of H-pyrrole nitrogens is 1. The average molecular weight is 271 g/mol. The smallest absolute Gasteiger partial charge is 0.244 e. The molecule has 0 aromatic carbocycles. The second-order valence-electron chi connectivity index (χ2n) is 4.28. The van der Waals surface area contributed by atoms with Crippen molar-refractivity contribution < 1.29 is 8.42 Å². The molecule has 0 fully saturated rings. The second kappa shape index (κ2) is 6.17. The van der Waals surface area contributed by atoms with E-state index in [0.717, 1.165) is 11.3 Å². The van der Waals surface area contributed by atoms with Gasteiger partial charge >= 0.3 is 0 Å². The number of aromatic amines is 1. The largest absolute Gasteiger partial charge is 0.363 e. The van der Waals surface area contributed by atoms with E-state index in [9.17, 15) is 8.42 Å². The molecule has 0 bridgehead atoms. The fourth-order valence-electron chi connectivity index (χ4n) is 1.68. The first-order valence-corrected chi connectivity index (χ1v) is 7.32. The Balaban J connectivity index is 2.99. The third kappa shape index (κ3) is 3.44. The van der Waals surface area contributed by atoms with Gasteiger partial charge in [0.25, 0.3) is 0 Å². The molecule has 0 radical (unpaired) electrons. The van der Waals surface area contributed by atoms with E-state index in [1.807, 2.05) is 20.9 Å². The molecule has 0 aliphatic heterocycles. The van der Waals surface area contributed by atoms with Crippen LogP contribution in [0.4, 0.5) is 0 Å². The van der Waals surface area contributed by atoms with E-state index in [1.165, 1.54) is 10.5 Å². The van der Waals surface area contributed by atoms with Gasteiger partial charge in [0.2, 0.25) is 10.0 Å². The summed E-state index contributed by atoms with van der Waals surface area (Å²) in [5.41, 5.74) is 1.67. The zero-order valence-electron chi connectivity index (χ0n) is 11.2. The van der Waals surface area contributed by atoms with Crippen LogP contribution in [0.3, 0.4) is 0 Å². The fourth-order valence-corrected chi connectivity index (χ4v) is 3.20. The number of nitrogens with one attached hydrogen (secondary N) is 2. The molecule has 1 aromatic heterocycles. The highest BCUT2D eigenvalue weighted by atomic mass is 32.2. The molecule has 0 unspecified atom stereocenters.